The van der Waals surface area contributed by atoms with Crippen LogP contribution in [-0.2, 0) is 6.42 Å². The van der Waals surface area contributed by atoms with E-state index in [-0.39, 0.29) is 5.91 Å². The molecule has 2 aromatic carbocycles. The standard InChI is InChI=1S/C20H24N2O/c1-15(22-14-19(22)17-6-4-3-5-7-17)8-9-16-10-12-18(13-11-16)20(23)21-2/h3-7,10-13,15,19H,8-9,14H2,1-2H3,(H,21,23)/t15-,19?,22-/m0/s1. The van der Waals surface area contributed by atoms with Gasteiger partial charge in [-0.25, -0.2) is 0 Å². The van der Waals surface area contributed by atoms with Gasteiger partial charge in [0.25, 0.3) is 5.91 Å². The van der Waals surface area contributed by atoms with Gasteiger partial charge in [0.05, 0.1) is 0 Å². The smallest absolute Gasteiger partial charge is 0.251 e. The first-order valence-corrected chi connectivity index (χ1v) is 8.30. The van der Waals surface area contributed by atoms with E-state index in [0.717, 1.165) is 18.4 Å². The zero-order valence-corrected chi connectivity index (χ0v) is 13.8. The molecule has 0 aliphatic carbocycles. The normalized spacial score (nSPS) is 20.8. The van der Waals surface area contributed by atoms with Gasteiger partial charge in [0.15, 0.2) is 0 Å². The summed E-state index contributed by atoms with van der Waals surface area (Å²) in [6.45, 7) is 3.47. The van der Waals surface area contributed by atoms with Crippen molar-refractivity contribution in [1.29, 1.82) is 0 Å². The van der Waals surface area contributed by atoms with Crippen molar-refractivity contribution in [3.8, 4) is 0 Å². The molecule has 3 heteroatoms. The van der Waals surface area contributed by atoms with Gasteiger partial charge in [-0.3, -0.25) is 9.69 Å². The van der Waals surface area contributed by atoms with Crippen LogP contribution in [0.2, 0.25) is 0 Å². The minimum atomic E-state index is -0.0280. The molecule has 120 valence electrons. The molecule has 0 radical (unpaired) electrons. The van der Waals surface area contributed by atoms with Crippen LogP contribution in [0, 0.1) is 0 Å². The van der Waals surface area contributed by atoms with Crippen molar-refractivity contribution in [1.82, 2.24) is 10.2 Å². The fourth-order valence-electron chi connectivity index (χ4n) is 3.12. The van der Waals surface area contributed by atoms with Crippen LogP contribution in [-0.4, -0.2) is 30.4 Å². The number of rotatable bonds is 6. The zero-order chi connectivity index (χ0) is 16.2. The second kappa shape index (κ2) is 6.97. The van der Waals surface area contributed by atoms with Crippen LogP contribution in [0.15, 0.2) is 54.6 Å². The molecule has 1 saturated heterocycles. The van der Waals surface area contributed by atoms with E-state index in [4.69, 9.17) is 0 Å². The summed E-state index contributed by atoms with van der Waals surface area (Å²) in [5.74, 6) is -0.0280. The Kier molecular flexibility index (Phi) is 4.77. The van der Waals surface area contributed by atoms with Gasteiger partial charge in [-0.05, 0) is 43.0 Å². The molecule has 1 unspecified atom stereocenters. The highest BCUT2D eigenvalue weighted by molar-refractivity contribution is 5.93. The van der Waals surface area contributed by atoms with Crippen molar-refractivity contribution < 1.29 is 4.79 Å². The average Bonchev–Trinajstić information content (AvgIpc) is 3.41. The molecule has 1 amide bonds. The van der Waals surface area contributed by atoms with Gasteiger partial charge >= 0.3 is 0 Å². The number of carbonyl (C=O) groups excluding carboxylic acids is 1. The van der Waals surface area contributed by atoms with E-state index in [9.17, 15) is 4.79 Å². The van der Waals surface area contributed by atoms with Crippen molar-refractivity contribution in [3.05, 3.63) is 71.3 Å². The van der Waals surface area contributed by atoms with Crippen LogP contribution in [0.25, 0.3) is 0 Å². The lowest BCUT2D eigenvalue weighted by Crippen LogP contribution is -2.18. The number of carbonyl (C=O) groups is 1. The van der Waals surface area contributed by atoms with E-state index in [1.165, 1.54) is 17.7 Å². The number of benzene rings is 2. The summed E-state index contributed by atoms with van der Waals surface area (Å²) in [6, 6.07) is 19.9. The number of nitrogens with one attached hydrogen (secondary N) is 1. The molecule has 1 N–H and O–H groups in total. The second-order valence-corrected chi connectivity index (χ2v) is 6.29. The van der Waals surface area contributed by atoms with Crippen LogP contribution >= 0.6 is 0 Å². The predicted molar refractivity (Wildman–Crippen MR) is 93.5 cm³/mol. The van der Waals surface area contributed by atoms with Gasteiger partial charge in [0.1, 0.15) is 0 Å². The molecular weight excluding hydrogens is 284 g/mol. The molecule has 1 aliphatic rings. The van der Waals surface area contributed by atoms with Crippen molar-refractivity contribution in [3.63, 3.8) is 0 Å². The summed E-state index contributed by atoms with van der Waals surface area (Å²) in [5.41, 5.74) is 3.44. The molecule has 0 spiro atoms. The predicted octanol–water partition coefficient (Wildman–Crippen LogP) is 3.42. The zero-order valence-electron chi connectivity index (χ0n) is 13.8. The Morgan fingerprint density at radius 3 is 2.52 bits per heavy atom. The summed E-state index contributed by atoms with van der Waals surface area (Å²) >= 11 is 0. The maximum atomic E-state index is 11.5. The topological polar surface area (TPSA) is 32.1 Å². The van der Waals surface area contributed by atoms with Crippen LogP contribution in [0.5, 0.6) is 0 Å². The van der Waals surface area contributed by atoms with Crippen LogP contribution in [0.4, 0.5) is 0 Å². The number of nitrogens with zero attached hydrogens (tertiary/aromatic N) is 1. The minimum Gasteiger partial charge on any atom is -0.355 e. The number of aryl methyl sites for hydroxylation is 1. The fraction of sp³-hybridized carbons (Fsp3) is 0.350. The SMILES string of the molecule is CNC(=O)c1ccc(CC[C@H](C)[N@]2CC2c2ccccc2)cc1. The Balaban J connectivity index is 1.50. The molecular formula is C20H24N2O. The van der Waals surface area contributed by atoms with Crippen LogP contribution in [0.3, 0.4) is 0 Å². The monoisotopic (exact) mass is 308 g/mol. The lowest BCUT2D eigenvalue weighted by atomic mass is 10.0. The summed E-state index contributed by atoms with van der Waals surface area (Å²) in [4.78, 5) is 14.1. The highest BCUT2D eigenvalue weighted by Gasteiger charge is 2.38. The number of hydrogen-bond donors (Lipinski definition) is 1. The van der Waals surface area contributed by atoms with E-state index >= 15 is 0 Å². The van der Waals surface area contributed by atoms with Crippen molar-refractivity contribution in [2.24, 2.45) is 0 Å². The van der Waals surface area contributed by atoms with Crippen LogP contribution < -0.4 is 5.32 Å². The quantitative estimate of drug-likeness (QED) is 0.829. The van der Waals surface area contributed by atoms with Gasteiger partial charge in [-0.2, -0.15) is 0 Å². The molecule has 0 bridgehead atoms. The van der Waals surface area contributed by atoms with Gasteiger partial charge in [-0.15, -0.1) is 0 Å². The van der Waals surface area contributed by atoms with E-state index in [0.29, 0.717) is 12.1 Å². The largest absolute Gasteiger partial charge is 0.355 e. The number of amides is 1. The third kappa shape index (κ3) is 3.80. The fourth-order valence-corrected chi connectivity index (χ4v) is 3.12. The Morgan fingerprint density at radius 1 is 1.17 bits per heavy atom. The summed E-state index contributed by atoms with van der Waals surface area (Å²) in [6.07, 6.45) is 2.19. The van der Waals surface area contributed by atoms with Crippen LogP contribution in [0.1, 0.15) is 40.9 Å². The maximum absolute atomic E-state index is 11.5. The Bertz CT molecular complexity index is 651. The van der Waals surface area contributed by atoms with Crippen molar-refractivity contribution >= 4 is 5.91 Å². The maximum Gasteiger partial charge on any atom is 0.251 e. The van der Waals surface area contributed by atoms with Gasteiger partial charge in [0.2, 0.25) is 0 Å². The van der Waals surface area contributed by atoms with E-state index in [1.54, 1.807) is 7.05 Å². The first-order chi connectivity index (χ1) is 11.2. The highest BCUT2D eigenvalue weighted by atomic mass is 16.1. The molecule has 3 atom stereocenters. The molecule has 0 aromatic heterocycles. The van der Waals surface area contributed by atoms with Gasteiger partial charge in [0, 0.05) is 31.2 Å². The molecule has 23 heavy (non-hydrogen) atoms. The number of hydrogen-bond acceptors (Lipinski definition) is 2. The Labute approximate surface area is 138 Å². The van der Waals surface area contributed by atoms with Gasteiger partial charge in [-0.1, -0.05) is 42.5 Å². The third-order valence-electron chi connectivity index (χ3n) is 4.69. The van der Waals surface area contributed by atoms with E-state index in [1.807, 2.05) is 12.1 Å². The van der Waals surface area contributed by atoms with Crippen molar-refractivity contribution in [2.45, 2.75) is 31.8 Å². The highest BCUT2D eigenvalue weighted by Crippen LogP contribution is 2.37. The molecule has 1 heterocycles. The first kappa shape index (κ1) is 15.8. The Hall–Kier alpha value is -2.13. The van der Waals surface area contributed by atoms with Crippen molar-refractivity contribution in [2.75, 3.05) is 13.6 Å². The summed E-state index contributed by atoms with van der Waals surface area (Å²) in [5, 5.41) is 2.65. The first-order valence-electron chi connectivity index (χ1n) is 8.30. The van der Waals surface area contributed by atoms with E-state index < -0.39 is 0 Å². The molecule has 1 fully saturated rings. The Morgan fingerprint density at radius 2 is 1.87 bits per heavy atom. The molecule has 3 nitrogen and oxygen atoms in total. The molecule has 1 aliphatic heterocycles. The second-order valence-electron chi connectivity index (χ2n) is 6.29. The molecule has 3 rings (SSSR count). The summed E-state index contributed by atoms with van der Waals surface area (Å²) in [7, 11) is 1.66. The molecule has 2 aromatic rings. The lowest BCUT2D eigenvalue weighted by molar-refractivity contribution is 0.0963. The average molecular weight is 308 g/mol. The summed E-state index contributed by atoms with van der Waals surface area (Å²) < 4.78 is 0. The molecule has 0 saturated carbocycles. The lowest BCUT2D eigenvalue weighted by Gasteiger charge is -2.14. The van der Waals surface area contributed by atoms with E-state index in [2.05, 4.69) is 59.6 Å². The third-order valence-corrected chi connectivity index (χ3v) is 4.69. The minimum absolute atomic E-state index is 0.0280. The van der Waals surface area contributed by atoms with Gasteiger partial charge < -0.3 is 5.32 Å².